The highest BCUT2D eigenvalue weighted by molar-refractivity contribution is 7.21. The predicted molar refractivity (Wildman–Crippen MR) is 156 cm³/mol. The van der Waals surface area contributed by atoms with Crippen LogP contribution in [0.3, 0.4) is 0 Å². The molecule has 12 heteroatoms. The van der Waals surface area contributed by atoms with Crippen LogP contribution in [0.15, 0.2) is 61.3 Å². The van der Waals surface area contributed by atoms with Crippen LogP contribution in [-0.2, 0) is 4.79 Å². The molecule has 0 aliphatic carbocycles. The van der Waals surface area contributed by atoms with Crippen LogP contribution in [0.5, 0.6) is 11.5 Å². The zero-order valence-electron chi connectivity index (χ0n) is 22.4. The van der Waals surface area contributed by atoms with Crippen LogP contribution in [0.4, 0.5) is 30.6 Å². The third-order valence-corrected chi connectivity index (χ3v) is 8.34. The summed E-state index contributed by atoms with van der Waals surface area (Å²) in [4.78, 5) is 47.4. The maximum Gasteiger partial charge on any atom is 0.331 e. The molecular weight excluding hydrogens is 564 g/mol. The first-order valence-electron chi connectivity index (χ1n) is 13.2. The molecule has 0 unspecified atom stereocenters. The summed E-state index contributed by atoms with van der Waals surface area (Å²) in [6, 6.07) is 9.15. The number of aryl methyl sites for hydroxylation is 1. The number of carbonyl (C=O) groups excluding carboxylic acids is 3. The van der Waals surface area contributed by atoms with Crippen LogP contribution in [0.25, 0.3) is 10.2 Å². The second-order valence-corrected chi connectivity index (χ2v) is 11.0. The van der Waals surface area contributed by atoms with Gasteiger partial charge in [-0.1, -0.05) is 12.6 Å². The van der Waals surface area contributed by atoms with Crippen molar-refractivity contribution in [1.29, 1.82) is 0 Å². The first-order valence-corrected chi connectivity index (χ1v) is 14.0. The molecule has 1 fully saturated rings. The second kappa shape index (κ2) is 10.9. The number of nitrogens with one attached hydrogen (secondary N) is 2. The van der Waals surface area contributed by atoms with Gasteiger partial charge in [-0.05, 0) is 67.8 Å². The van der Waals surface area contributed by atoms with Crippen molar-refractivity contribution < 1.29 is 27.9 Å². The van der Waals surface area contributed by atoms with Gasteiger partial charge in [0.2, 0.25) is 5.91 Å². The maximum absolute atomic E-state index is 14.1. The van der Waals surface area contributed by atoms with Crippen molar-refractivity contribution in [2.24, 2.45) is 0 Å². The fraction of sp³-hybridized carbons (Fsp3) is 0.200. The summed E-state index contributed by atoms with van der Waals surface area (Å²) in [6.45, 7) is 6.27. The number of piperidine rings is 1. The van der Waals surface area contributed by atoms with E-state index in [1.807, 2.05) is 0 Å². The lowest BCUT2D eigenvalue weighted by molar-refractivity contribution is -0.127. The molecule has 0 radical (unpaired) electrons. The molecule has 6 rings (SSSR count). The molecular formula is C30H25F2N5O4S. The third kappa shape index (κ3) is 4.83. The number of thiophene rings is 1. The van der Waals surface area contributed by atoms with E-state index in [0.717, 1.165) is 25.0 Å². The van der Waals surface area contributed by atoms with E-state index >= 15 is 0 Å². The van der Waals surface area contributed by atoms with Gasteiger partial charge in [-0.15, -0.1) is 11.3 Å². The minimum absolute atomic E-state index is 0.179. The largest absolute Gasteiger partial charge is 0.451 e. The van der Waals surface area contributed by atoms with Crippen molar-refractivity contribution in [3.8, 4) is 11.5 Å². The number of ether oxygens (including phenoxy) is 1. The van der Waals surface area contributed by atoms with Gasteiger partial charge in [-0.25, -0.2) is 18.6 Å². The molecule has 2 aromatic heterocycles. The number of rotatable bonds is 6. The topological polar surface area (TPSA) is 104 Å². The SMILES string of the molecule is C=CC(=O)N1CCC[C@@H](NC(=O)c2sc3nccc4c3c2NC(=O)N4c2ccc(Oc3c(F)cccc3F)cc2C)C1. The van der Waals surface area contributed by atoms with Gasteiger partial charge in [-0.2, -0.15) is 0 Å². The number of para-hydroxylation sites is 1. The Balaban J connectivity index is 1.30. The van der Waals surface area contributed by atoms with Crippen LogP contribution in [0.2, 0.25) is 0 Å². The van der Waals surface area contributed by atoms with Crippen LogP contribution < -0.4 is 20.3 Å². The normalized spacial score (nSPS) is 16.3. The molecule has 2 aromatic carbocycles. The van der Waals surface area contributed by atoms with E-state index in [2.05, 4.69) is 22.2 Å². The maximum atomic E-state index is 14.1. The summed E-state index contributed by atoms with van der Waals surface area (Å²) in [5.41, 5.74) is 2.03. The summed E-state index contributed by atoms with van der Waals surface area (Å²) in [7, 11) is 0. The Morgan fingerprint density at radius 3 is 2.71 bits per heavy atom. The predicted octanol–water partition coefficient (Wildman–Crippen LogP) is 6.27. The number of halogens is 2. The number of aromatic nitrogens is 1. The van der Waals surface area contributed by atoms with Crippen molar-refractivity contribution >= 4 is 56.5 Å². The molecule has 1 atom stereocenters. The third-order valence-electron chi connectivity index (χ3n) is 7.24. The van der Waals surface area contributed by atoms with Gasteiger partial charge in [0, 0.05) is 25.3 Å². The van der Waals surface area contributed by atoms with E-state index in [4.69, 9.17) is 4.74 Å². The van der Waals surface area contributed by atoms with Gasteiger partial charge in [-0.3, -0.25) is 14.5 Å². The number of nitrogens with zero attached hydrogens (tertiary/aromatic N) is 3. The molecule has 214 valence electrons. The Morgan fingerprint density at radius 1 is 1.19 bits per heavy atom. The second-order valence-electron chi connectivity index (χ2n) is 9.98. The summed E-state index contributed by atoms with van der Waals surface area (Å²) >= 11 is 1.17. The number of urea groups is 1. The van der Waals surface area contributed by atoms with Crippen LogP contribution in [-0.4, -0.2) is 46.9 Å². The fourth-order valence-corrected chi connectivity index (χ4v) is 6.32. The number of carbonyl (C=O) groups is 3. The molecule has 4 aromatic rings. The van der Waals surface area contributed by atoms with Gasteiger partial charge in [0.1, 0.15) is 15.5 Å². The molecule has 4 amide bonds. The van der Waals surface area contributed by atoms with E-state index in [-0.39, 0.29) is 23.6 Å². The number of pyridine rings is 1. The van der Waals surface area contributed by atoms with Crippen molar-refractivity contribution in [3.63, 3.8) is 0 Å². The van der Waals surface area contributed by atoms with Crippen molar-refractivity contribution in [3.05, 3.63) is 83.4 Å². The molecule has 2 N–H and O–H groups in total. The van der Waals surface area contributed by atoms with E-state index in [9.17, 15) is 23.2 Å². The molecule has 4 heterocycles. The highest BCUT2D eigenvalue weighted by Crippen LogP contribution is 2.46. The number of anilines is 3. The molecule has 0 bridgehead atoms. The van der Waals surface area contributed by atoms with Crippen molar-refractivity contribution in [2.45, 2.75) is 25.8 Å². The first-order chi connectivity index (χ1) is 20.2. The van der Waals surface area contributed by atoms with E-state index in [0.29, 0.717) is 50.8 Å². The van der Waals surface area contributed by atoms with Crippen LogP contribution >= 0.6 is 11.3 Å². The average Bonchev–Trinajstić information content (AvgIpc) is 3.35. The lowest BCUT2D eigenvalue weighted by Crippen LogP contribution is -2.49. The zero-order chi connectivity index (χ0) is 29.5. The number of hydrogen-bond donors (Lipinski definition) is 2. The first kappa shape index (κ1) is 27.3. The minimum Gasteiger partial charge on any atom is -0.451 e. The smallest absolute Gasteiger partial charge is 0.331 e. The lowest BCUT2D eigenvalue weighted by Gasteiger charge is -2.32. The summed E-state index contributed by atoms with van der Waals surface area (Å²) in [5, 5.41) is 6.49. The molecule has 0 spiro atoms. The molecule has 9 nitrogen and oxygen atoms in total. The van der Waals surface area contributed by atoms with Crippen LogP contribution in [0, 0.1) is 18.6 Å². The summed E-state index contributed by atoms with van der Waals surface area (Å²) < 4.78 is 33.7. The van der Waals surface area contributed by atoms with E-state index < -0.39 is 23.4 Å². The molecule has 0 saturated carbocycles. The molecule has 2 aliphatic heterocycles. The Bertz CT molecular complexity index is 1750. The Labute approximate surface area is 243 Å². The number of hydrogen-bond acceptors (Lipinski definition) is 6. The van der Waals surface area contributed by atoms with Gasteiger partial charge >= 0.3 is 6.03 Å². The minimum atomic E-state index is -0.831. The summed E-state index contributed by atoms with van der Waals surface area (Å²) in [6.07, 6.45) is 4.30. The number of amides is 4. The van der Waals surface area contributed by atoms with Crippen molar-refractivity contribution in [1.82, 2.24) is 15.2 Å². The fourth-order valence-electron chi connectivity index (χ4n) is 5.30. The van der Waals surface area contributed by atoms with E-state index in [1.165, 1.54) is 34.4 Å². The molecule has 42 heavy (non-hydrogen) atoms. The molecule has 1 saturated heterocycles. The highest BCUT2D eigenvalue weighted by atomic mass is 32.1. The summed E-state index contributed by atoms with van der Waals surface area (Å²) in [5.74, 6) is -2.52. The standard InChI is InChI=1S/C30H25F2N5O4S/c1-3-23(38)36-13-5-6-17(15-36)34-28(39)27-25-24-22(11-12-33-29(24)42-27)37(30(40)35-25)21-10-9-18(14-16(21)2)41-26-19(31)7-4-8-20(26)32/h3-4,7-12,14,17H,1,5-6,13,15H2,2H3,(H,34,39)(H,35,40)/t17-/m1/s1. The average molecular weight is 590 g/mol. The lowest BCUT2D eigenvalue weighted by atomic mass is 10.1. The highest BCUT2D eigenvalue weighted by Gasteiger charge is 2.34. The van der Waals surface area contributed by atoms with Crippen molar-refractivity contribution in [2.75, 3.05) is 23.3 Å². The van der Waals surface area contributed by atoms with Gasteiger partial charge < -0.3 is 20.3 Å². The van der Waals surface area contributed by atoms with Crippen LogP contribution in [0.1, 0.15) is 28.1 Å². The zero-order valence-corrected chi connectivity index (χ0v) is 23.3. The Morgan fingerprint density at radius 2 is 1.98 bits per heavy atom. The molecule has 2 aliphatic rings. The van der Waals surface area contributed by atoms with E-state index in [1.54, 1.807) is 36.2 Å². The Hall–Kier alpha value is -4.84. The number of likely N-dealkylation sites (tertiary alicyclic amines) is 1. The Kier molecular flexibility index (Phi) is 7.07. The van der Waals surface area contributed by atoms with Gasteiger partial charge in [0.05, 0.1) is 22.4 Å². The number of benzene rings is 2. The quantitative estimate of drug-likeness (QED) is 0.258. The van der Waals surface area contributed by atoms with Gasteiger partial charge in [0.25, 0.3) is 5.91 Å². The monoisotopic (exact) mass is 589 g/mol. The van der Waals surface area contributed by atoms with Gasteiger partial charge in [0.15, 0.2) is 17.4 Å².